The molecule has 0 bridgehead atoms. The first-order valence-corrected chi connectivity index (χ1v) is 6.57. The lowest BCUT2D eigenvalue weighted by Crippen LogP contribution is -2.41. The number of carbonyl (C=O) groups excluding carboxylic acids is 4. The monoisotopic (exact) mass is 277 g/mol. The van der Waals surface area contributed by atoms with Crippen LogP contribution in [0.25, 0.3) is 0 Å². The van der Waals surface area contributed by atoms with Crippen molar-refractivity contribution in [2.75, 3.05) is 0 Å². The number of hydrogen-bond donors (Lipinski definition) is 0. The molecular weight excluding hydrogens is 262 g/mol. The van der Waals surface area contributed by atoms with Crippen LogP contribution in [-0.4, -0.2) is 34.7 Å². The first-order chi connectivity index (χ1) is 9.58. The lowest BCUT2D eigenvalue weighted by molar-refractivity contribution is -0.150. The van der Waals surface area contributed by atoms with Crippen molar-refractivity contribution in [3.8, 4) is 0 Å². The van der Waals surface area contributed by atoms with E-state index in [9.17, 15) is 19.2 Å². The van der Waals surface area contributed by atoms with Crippen molar-refractivity contribution in [2.45, 2.75) is 38.1 Å². The van der Waals surface area contributed by atoms with E-state index in [-0.39, 0.29) is 17.9 Å². The van der Waals surface area contributed by atoms with Crippen LogP contribution in [0.15, 0.2) is 24.3 Å². The summed E-state index contributed by atoms with van der Waals surface area (Å²) in [6.07, 6.45) is 10.4. The molecule has 0 N–H and O–H groups in total. The SMILES string of the molecule is O=C1C=CC(=O)N1C1CCCCC1.O=C1C=CC(=O)O1. The Labute approximate surface area is 116 Å². The molecule has 2 amide bonds. The molecule has 20 heavy (non-hydrogen) atoms. The molecule has 6 heteroatoms. The molecule has 106 valence electrons. The van der Waals surface area contributed by atoms with E-state index >= 15 is 0 Å². The van der Waals surface area contributed by atoms with Gasteiger partial charge in [0.2, 0.25) is 0 Å². The van der Waals surface area contributed by atoms with Crippen molar-refractivity contribution in [3.63, 3.8) is 0 Å². The van der Waals surface area contributed by atoms with Gasteiger partial charge in [-0.15, -0.1) is 0 Å². The standard InChI is InChI=1S/C10H13NO2.C4H2O3/c12-9-6-7-10(13)11(9)8-4-2-1-3-5-8;5-3-1-2-4(6)7-3/h6-8H,1-5H2;1-2H. The molecule has 1 aliphatic carbocycles. The fourth-order valence-corrected chi connectivity index (χ4v) is 2.41. The topological polar surface area (TPSA) is 80.8 Å². The lowest BCUT2D eigenvalue weighted by Gasteiger charge is -2.29. The average molecular weight is 277 g/mol. The van der Waals surface area contributed by atoms with E-state index in [1.165, 1.54) is 23.5 Å². The Morgan fingerprint density at radius 1 is 0.800 bits per heavy atom. The van der Waals surface area contributed by atoms with Crippen LogP contribution in [0.2, 0.25) is 0 Å². The van der Waals surface area contributed by atoms with Gasteiger partial charge < -0.3 is 4.74 Å². The Kier molecular flexibility index (Phi) is 4.45. The van der Waals surface area contributed by atoms with Gasteiger partial charge in [-0.25, -0.2) is 9.59 Å². The summed E-state index contributed by atoms with van der Waals surface area (Å²) in [6.45, 7) is 0. The predicted octanol–water partition coefficient (Wildman–Crippen LogP) is 0.870. The summed E-state index contributed by atoms with van der Waals surface area (Å²) in [7, 11) is 0. The van der Waals surface area contributed by atoms with Gasteiger partial charge in [-0.2, -0.15) is 0 Å². The molecule has 0 aromatic carbocycles. The van der Waals surface area contributed by atoms with E-state index < -0.39 is 11.9 Å². The van der Waals surface area contributed by atoms with Crippen LogP contribution in [0, 0.1) is 0 Å². The van der Waals surface area contributed by atoms with Crippen molar-refractivity contribution < 1.29 is 23.9 Å². The van der Waals surface area contributed by atoms with E-state index in [0.717, 1.165) is 37.8 Å². The minimum Gasteiger partial charge on any atom is -0.387 e. The minimum atomic E-state index is -0.579. The molecule has 0 radical (unpaired) electrons. The van der Waals surface area contributed by atoms with Gasteiger partial charge in [-0.05, 0) is 12.8 Å². The molecule has 0 spiro atoms. The minimum absolute atomic E-state index is 0.128. The summed E-state index contributed by atoms with van der Waals surface area (Å²) >= 11 is 0. The molecule has 3 rings (SSSR count). The van der Waals surface area contributed by atoms with Crippen LogP contribution in [0.1, 0.15) is 32.1 Å². The largest absolute Gasteiger partial charge is 0.387 e. The van der Waals surface area contributed by atoms with Gasteiger partial charge in [-0.3, -0.25) is 14.5 Å². The zero-order valence-electron chi connectivity index (χ0n) is 10.9. The maximum absolute atomic E-state index is 11.3. The fourth-order valence-electron chi connectivity index (χ4n) is 2.41. The quantitative estimate of drug-likeness (QED) is 0.403. The number of amides is 2. The third-order valence-corrected chi connectivity index (χ3v) is 3.34. The van der Waals surface area contributed by atoms with Gasteiger partial charge in [0.25, 0.3) is 11.8 Å². The van der Waals surface area contributed by atoms with Crippen LogP contribution in [0.3, 0.4) is 0 Å². The predicted molar refractivity (Wildman–Crippen MR) is 68.1 cm³/mol. The van der Waals surface area contributed by atoms with Gasteiger partial charge in [0.1, 0.15) is 0 Å². The van der Waals surface area contributed by atoms with Crippen molar-refractivity contribution in [3.05, 3.63) is 24.3 Å². The third kappa shape index (κ3) is 3.40. The van der Waals surface area contributed by atoms with E-state index in [1.54, 1.807) is 0 Å². The third-order valence-electron chi connectivity index (χ3n) is 3.34. The molecule has 0 unspecified atom stereocenters. The van der Waals surface area contributed by atoms with Gasteiger partial charge in [0.15, 0.2) is 0 Å². The molecule has 1 saturated carbocycles. The summed E-state index contributed by atoms with van der Waals surface area (Å²) < 4.78 is 3.97. The normalized spacial score (nSPS) is 22.1. The lowest BCUT2D eigenvalue weighted by atomic mass is 9.94. The second-order valence-corrected chi connectivity index (χ2v) is 4.75. The summed E-state index contributed by atoms with van der Waals surface area (Å²) in [5.41, 5.74) is 0. The van der Waals surface area contributed by atoms with Crippen LogP contribution in [0.4, 0.5) is 0 Å². The summed E-state index contributed by atoms with van der Waals surface area (Å²) in [5, 5.41) is 0. The zero-order valence-corrected chi connectivity index (χ0v) is 10.9. The number of esters is 2. The number of rotatable bonds is 1. The van der Waals surface area contributed by atoms with E-state index in [4.69, 9.17) is 0 Å². The van der Waals surface area contributed by atoms with E-state index in [2.05, 4.69) is 4.74 Å². The molecule has 0 atom stereocenters. The Morgan fingerprint density at radius 3 is 1.70 bits per heavy atom. The Morgan fingerprint density at radius 2 is 1.30 bits per heavy atom. The maximum atomic E-state index is 11.3. The van der Waals surface area contributed by atoms with Gasteiger partial charge >= 0.3 is 11.9 Å². The van der Waals surface area contributed by atoms with Crippen molar-refractivity contribution in [1.82, 2.24) is 4.90 Å². The van der Waals surface area contributed by atoms with Gasteiger partial charge in [-0.1, -0.05) is 19.3 Å². The highest BCUT2D eigenvalue weighted by Crippen LogP contribution is 2.24. The van der Waals surface area contributed by atoms with E-state index in [0.29, 0.717) is 0 Å². The molecule has 2 aliphatic heterocycles. The number of imide groups is 1. The number of ether oxygens (including phenoxy) is 1. The van der Waals surface area contributed by atoms with Crippen molar-refractivity contribution in [1.29, 1.82) is 0 Å². The van der Waals surface area contributed by atoms with Crippen LogP contribution in [-0.2, 0) is 23.9 Å². The number of carbonyl (C=O) groups is 4. The fraction of sp³-hybridized carbons (Fsp3) is 0.429. The molecular formula is C14H15NO5. The number of nitrogens with zero attached hydrogens (tertiary/aromatic N) is 1. The molecule has 2 heterocycles. The van der Waals surface area contributed by atoms with E-state index in [1.807, 2.05) is 0 Å². The number of cyclic esters (lactones) is 2. The number of hydrogen-bond acceptors (Lipinski definition) is 5. The highest BCUT2D eigenvalue weighted by molar-refractivity contribution is 6.13. The van der Waals surface area contributed by atoms with Gasteiger partial charge in [0.05, 0.1) is 0 Å². The van der Waals surface area contributed by atoms with Gasteiger partial charge in [0, 0.05) is 30.3 Å². The Hall–Kier alpha value is -2.24. The molecule has 0 aromatic heterocycles. The maximum Gasteiger partial charge on any atom is 0.338 e. The first kappa shape index (κ1) is 14.2. The molecule has 6 nitrogen and oxygen atoms in total. The second kappa shape index (κ2) is 6.27. The summed E-state index contributed by atoms with van der Waals surface area (Å²) in [6, 6.07) is 0.170. The zero-order chi connectivity index (χ0) is 14.5. The van der Waals surface area contributed by atoms with Crippen molar-refractivity contribution >= 4 is 23.8 Å². The molecule has 0 aromatic rings. The highest BCUT2D eigenvalue weighted by Gasteiger charge is 2.31. The smallest absolute Gasteiger partial charge is 0.338 e. The summed E-state index contributed by atoms with van der Waals surface area (Å²) in [5.74, 6) is -1.41. The molecule has 1 fully saturated rings. The van der Waals surface area contributed by atoms with Crippen LogP contribution in [0.5, 0.6) is 0 Å². The summed E-state index contributed by atoms with van der Waals surface area (Å²) in [4.78, 5) is 43.9. The average Bonchev–Trinajstić information content (AvgIpc) is 2.97. The van der Waals surface area contributed by atoms with Crippen LogP contribution < -0.4 is 0 Å². The Bertz CT molecular complexity index is 466. The van der Waals surface area contributed by atoms with Crippen LogP contribution >= 0.6 is 0 Å². The highest BCUT2D eigenvalue weighted by atomic mass is 16.6. The van der Waals surface area contributed by atoms with Crippen molar-refractivity contribution in [2.24, 2.45) is 0 Å². The first-order valence-electron chi connectivity index (χ1n) is 6.57. The second-order valence-electron chi connectivity index (χ2n) is 4.75. The Balaban J connectivity index is 0.000000178. The molecule has 3 aliphatic rings. The molecule has 0 saturated heterocycles.